The van der Waals surface area contributed by atoms with Gasteiger partial charge in [-0.2, -0.15) is 0 Å². The van der Waals surface area contributed by atoms with Gasteiger partial charge in [0.05, 0.1) is 5.69 Å². The average molecular weight is 377 g/mol. The third-order valence-corrected chi connectivity index (χ3v) is 4.71. The number of aromatic nitrogens is 3. The van der Waals surface area contributed by atoms with Crippen molar-refractivity contribution in [1.29, 1.82) is 0 Å². The molecule has 0 spiro atoms. The Kier molecular flexibility index (Phi) is 5.71. The minimum absolute atomic E-state index is 0.0917. The van der Waals surface area contributed by atoms with E-state index >= 15 is 0 Å². The fraction of sp³-hybridized carbons (Fsp3) is 0.333. The molecule has 0 fully saturated rings. The molecule has 3 aromatic rings. The normalized spacial score (nSPS) is 11.2. The second-order valence-electron chi connectivity index (χ2n) is 5.84. The molecule has 0 bridgehead atoms. The Morgan fingerprint density at radius 1 is 1.24 bits per heavy atom. The summed E-state index contributed by atoms with van der Waals surface area (Å²) in [7, 11) is 0. The summed E-state index contributed by atoms with van der Waals surface area (Å²) in [5, 5.41) is 0.679. The minimum atomic E-state index is -0.0917. The summed E-state index contributed by atoms with van der Waals surface area (Å²) in [6.07, 6.45) is 7.06. The number of hydrogen-bond donors (Lipinski definition) is 1. The van der Waals surface area contributed by atoms with E-state index < -0.39 is 0 Å². The highest BCUT2D eigenvalue weighted by atomic mass is 35.5. The van der Waals surface area contributed by atoms with E-state index in [1.54, 1.807) is 16.7 Å². The first-order valence-corrected chi connectivity index (χ1v) is 9.92. The summed E-state index contributed by atoms with van der Waals surface area (Å²) in [6.45, 7) is 2.99. The van der Waals surface area contributed by atoms with E-state index in [0.717, 1.165) is 42.9 Å². The van der Waals surface area contributed by atoms with Crippen LogP contribution in [0.3, 0.4) is 0 Å². The highest BCUT2D eigenvalue weighted by Gasteiger charge is 2.13. The van der Waals surface area contributed by atoms with Crippen LogP contribution in [-0.2, 0) is 6.54 Å². The highest BCUT2D eigenvalue weighted by Crippen LogP contribution is 2.22. The van der Waals surface area contributed by atoms with Gasteiger partial charge in [0.15, 0.2) is 0 Å². The van der Waals surface area contributed by atoms with Crippen LogP contribution >= 0.6 is 23.5 Å². The average Bonchev–Trinajstić information content (AvgIpc) is 3.04. The minimum Gasteiger partial charge on any atom is -0.316 e. The lowest BCUT2D eigenvalue weighted by atomic mass is 10.2. The number of rotatable bonds is 7. The SMILES string of the molecule is CCCCCn1c(NSC)cc(=O)n2cc(-c3ccc(Cl)cc3)nc12. The molecule has 2 heterocycles. The van der Waals surface area contributed by atoms with Gasteiger partial charge in [0.2, 0.25) is 5.78 Å². The van der Waals surface area contributed by atoms with E-state index in [9.17, 15) is 4.79 Å². The first kappa shape index (κ1) is 17.9. The second kappa shape index (κ2) is 7.97. The predicted octanol–water partition coefficient (Wildman–Crippen LogP) is 4.70. The summed E-state index contributed by atoms with van der Waals surface area (Å²) in [6, 6.07) is 9.11. The van der Waals surface area contributed by atoms with E-state index in [4.69, 9.17) is 16.6 Å². The Hall–Kier alpha value is -1.92. The van der Waals surface area contributed by atoms with Gasteiger partial charge in [0, 0.05) is 35.6 Å². The lowest BCUT2D eigenvalue weighted by molar-refractivity contribution is 0.607. The van der Waals surface area contributed by atoms with Crippen LogP contribution in [0.15, 0.2) is 41.3 Å². The van der Waals surface area contributed by atoms with Gasteiger partial charge in [-0.05, 0) is 18.6 Å². The van der Waals surface area contributed by atoms with Crippen molar-refractivity contribution in [2.75, 3.05) is 11.0 Å². The van der Waals surface area contributed by atoms with Crippen LogP contribution < -0.4 is 10.3 Å². The zero-order chi connectivity index (χ0) is 17.8. The van der Waals surface area contributed by atoms with Gasteiger partial charge in [-0.1, -0.05) is 55.4 Å². The molecule has 0 aliphatic carbocycles. The van der Waals surface area contributed by atoms with Crippen molar-refractivity contribution in [3.05, 3.63) is 51.9 Å². The zero-order valence-corrected chi connectivity index (χ0v) is 15.9. The zero-order valence-electron chi connectivity index (χ0n) is 14.3. The summed E-state index contributed by atoms with van der Waals surface area (Å²) in [5.74, 6) is 1.44. The van der Waals surface area contributed by atoms with Crippen molar-refractivity contribution < 1.29 is 0 Å². The van der Waals surface area contributed by atoms with Gasteiger partial charge in [-0.3, -0.25) is 13.8 Å². The first-order valence-electron chi connectivity index (χ1n) is 8.32. The Bertz CT molecular complexity index is 917. The maximum Gasteiger partial charge on any atom is 0.261 e. The van der Waals surface area contributed by atoms with Gasteiger partial charge in [-0.15, -0.1) is 0 Å². The van der Waals surface area contributed by atoms with E-state index in [1.807, 2.05) is 30.5 Å². The van der Waals surface area contributed by atoms with Crippen LogP contribution in [0, 0.1) is 0 Å². The molecule has 0 unspecified atom stereocenters. The van der Waals surface area contributed by atoms with Crippen LogP contribution in [0.25, 0.3) is 17.0 Å². The Morgan fingerprint density at radius 3 is 2.68 bits per heavy atom. The molecule has 0 saturated heterocycles. The number of aryl methyl sites for hydroxylation is 1. The molecule has 2 aromatic heterocycles. The van der Waals surface area contributed by atoms with Gasteiger partial charge in [0.1, 0.15) is 5.82 Å². The molecule has 1 N–H and O–H groups in total. The standard InChI is InChI=1S/C18H21ClN4OS/c1-3-4-5-10-22-16(21-25-2)11-17(24)23-12-15(20-18(22)23)13-6-8-14(19)9-7-13/h6-9,11-12,21H,3-5,10H2,1-2H3. The topological polar surface area (TPSA) is 51.3 Å². The molecule has 0 saturated carbocycles. The van der Waals surface area contributed by atoms with Gasteiger partial charge < -0.3 is 4.72 Å². The Morgan fingerprint density at radius 2 is 2.00 bits per heavy atom. The van der Waals surface area contributed by atoms with E-state index in [-0.39, 0.29) is 5.56 Å². The molecule has 0 aliphatic heterocycles. The molecule has 0 amide bonds. The van der Waals surface area contributed by atoms with Crippen molar-refractivity contribution >= 4 is 35.1 Å². The van der Waals surface area contributed by atoms with E-state index in [1.165, 1.54) is 11.9 Å². The number of anilines is 1. The molecule has 0 aliphatic rings. The third kappa shape index (κ3) is 3.85. The van der Waals surface area contributed by atoms with E-state index in [2.05, 4.69) is 16.2 Å². The second-order valence-corrected chi connectivity index (χ2v) is 6.88. The number of halogens is 1. The monoisotopic (exact) mass is 376 g/mol. The van der Waals surface area contributed by atoms with Crippen molar-refractivity contribution in [3.63, 3.8) is 0 Å². The molecule has 0 radical (unpaired) electrons. The quantitative estimate of drug-likeness (QED) is 0.479. The third-order valence-electron chi connectivity index (χ3n) is 4.05. The fourth-order valence-corrected chi connectivity index (χ4v) is 3.29. The number of imidazole rings is 1. The van der Waals surface area contributed by atoms with Crippen LogP contribution in [0.4, 0.5) is 5.82 Å². The van der Waals surface area contributed by atoms with Crippen molar-refractivity contribution in [3.8, 4) is 11.3 Å². The molecule has 1 aromatic carbocycles. The number of hydrogen-bond acceptors (Lipinski definition) is 4. The van der Waals surface area contributed by atoms with E-state index in [0.29, 0.717) is 10.8 Å². The number of benzene rings is 1. The molecular weight excluding hydrogens is 356 g/mol. The lowest BCUT2D eigenvalue weighted by Crippen LogP contribution is -2.19. The van der Waals surface area contributed by atoms with Gasteiger partial charge >= 0.3 is 0 Å². The molecule has 132 valence electrons. The van der Waals surface area contributed by atoms with Crippen molar-refractivity contribution in [1.82, 2.24) is 14.0 Å². The van der Waals surface area contributed by atoms with Gasteiger partial charge in [-0.25, -0.2) is 4.98 Å². The number of nitrogens with zero attached hydrogens (tertiary/aromatic N) is 3. The molecule has 25 heavy (non-hydrogen) atoms. The fourth-order valence-electron chi connectivity index (χ4n) is 2.78. The molecule has 3 rings (SSSR count). The van der Waals surface area contributed by atoms with Crippen LogP contribution in [0.1, 0.15) is 26.2 Å². The Balaban J connectivity index is 2.12. The maximum atomic E-state index is 12.5. The van der Waals surface area contributed by atoms with Crippen LogP contribution in [0.2, 0.25) is 5.02 Å². The smallest absolute Gasteiger partial charge is 0.261 e. The highest BCUT2D eigenvalue weighted by molar-refractivity contribution is 7.99. The first-order chi connectivity index (χ1) is 12.1. The summed E-state index contributed by atoms with van der Waals surface area (Å²) < 4.78 is 6.89. The largest absolute Gasteiger partial charge is 0.316 e. The van der Waals surface area contributed by atoms with Crippen molar-refractivity contribution in [2.45, 2.75) is 32.7 Å². The van der Waals surface area contributed by atoms with Crippen molar-refractivity contribution in [2.24, 2.45) is 0 Å². The Labute approximate surface area is 156 Å². The van der Waals surface area contributed by atoms with Gasteiger partial charge in [0.25, 0.3) is 5.56 Å². The molecule has 0 atom stereocenters. The molecule has 5 nitrogen and oxygen atoms in total. The maximum absolute atomic E-state index is 12.5. The number of nitrogens with one attached hydrogen (secondary N) is 1. The van der Waals surface area contributed by atoms with Crippen LogP contribution in [0.5, 0.6) is 0 Å². The number of fused-ring (bicyclic) bond motifs is 1. The predicted molar refractivity (Wildman–Crippen MR) is 107 cm³/mol. The summed E-state index contributed by atoms with van der Waals surface area (Å²) in [4.78, 5) is 17.2. The van der Waals surface area contributed by atoms with Crippen LogP contribution in [-0.4, -0.2) is 20.2 Å². The number of unbranched alkanes of at least 4 members (excludes halogenated alkanes) is 2. The lowest BCUT2D eigenvalue weighted by Gasteiger charge is -2.14. The summed E-state index contributed by atoms with van der Waals surface area (Å²) >= 11 is 7.43. The molecular formula is C18H21ClN4OS. The molecule has 7 heteroatoms. The summed E-state index contributed by atoms with van der Waals surface area (Å²) in [5.41, 5.74) is 1.61.